The van der Waals surface area contributed by atoms with Crippen LogP contribution < -0.4 is 4.90 Å². The Morgan fingerprint density at radius 1 is 1.42 bits per heavy atom. The van der Waals surface area contributed by atoms with Gasteiger partial charge in [0.1, 0.15) is 5.82 Å². The summed E-state index contributed by atoms with van der Waals surface area (Å²) in [6.07, 6.45) is 2.79. The summed E-state index contributed by atoms with van der Waals surface area (Å²) in [6.45, 7) is 7.80. The smallest absolute Gasteiger partial charge is 0.142 e. The molecule has 1 fully saturated rings. The minimum absolute atomic E-state index is 0.0524. The van der Waals surface area contributed by atoms with E-state index in [1.54, 1.807) is 0 Å². The summed E-state index contributed by atoms with van der Waals surface area (Å²) >= 11 is 3.58. The molecule has 0 spiro atoms. The number of rotatable bonds is 3. The van der Waals surface area contributed by atoms with E-state index < -0.39 is 0 Å². The van der Waals surface area contributed by atoms with Gasteiger partial charge in [-0.05, 0) is 40.9 Å². The van der Waals surface area contributed by atoms with Crippen LogP contribution in [0.2, 0.25) is 0 Å². The molecule has 0 aliphatic carbocycles. The summed E-state index contributed by atoms with van der Waals surface area (Å²) in [5.74, 6) is 1.01. The summed E-state index contributed by atoms with van der Waals surface area (Å²) in [5.41, 5.74) is 1.16. The van der Waals surface area contributed by atoms with Crippen molar-refractivity contribution in [2.24, 2.45) is 0 Å². The molecule has 1 unspecified atom stereocenters. The third-order valence-electron chi connectivity index (χ3n) is 3.55. The van der Waals surface area contributed by atoms with E-state index in [-0.39, 0.29) is 6.04 Å². The zero-order chi connectivity index (χ0) is 13.8. The molecule has 1 atom stereocenters. The molecule has 102 valence electrons. The zero-order valence-corrected chi connectivity index (χ0v) is 13.0. The van der Waals surface area contributed by atoms with Gasteiger partial charge in [0.2, 0.25) is 0 Å². The van der Waals surface area contributed by atoms with Crippen LogP contribution in [0.25, 0.3) is 0 Å². The van der Waals surface area contributed by atoms with E-state index in [0.717, 1.165) is 48.5 Å². The topological polar surface area (TPSA) is 43.2 Å². The van der Waals surface area contributed by atoms with E-state index in [0.29, 0.717) is 0 Å². The van der Waals surface area contributed by atoms with E-state index in [1.165, 1.54) is 0 Å². The Labute approximate surface area is 123 Å². The van der Waals surface area contributed by atoms with Crippen LogP contribution in [-0.4, -0.2) is 42.1 Å². The molecule has 0 saturated carbocycles. The molecule has 1 aromatic rings. The molecule has 1 aliphatic heterocycles. The maximum Gasteiger partial charge on any atom is 0.142 e. The molecule has 2 heterocycles. The van der Waals surface area contributed by atoms with Crippen LogP contribution in [0.1, 0.15) is 18.9 Å². The Hall–Kier alpha value is -1.12. The number of pyridine rings is 1. The van der Waals surface area contributed by atoms with E-state index in [2.05, 4.69) is 49.8 Å². The monoisotopic (exact) mass is 322 g/mol. The highest BCUT2D eigenvalue weighted by Crippen LogP contribution is 2.25. The lowest BCUT2D eigenvalue weighted by Gasteiger charge is -2.37. The predicted molar refractivity (Wildman–Crippen MR) is 80.2 cm³/mol. The summed E-state index contributed by atoms with van der Waals surface area (Å²) in [7, 11) is 0. The average Bonchev–Trinajstić information content (AvgIpc) is 2.41. The van der Waals surface area contributed by atoms with Crippen LogP contribution in [0, 0.1) is 18.3 Å². The molecular weight excluding hydrogens is 304 g/mol. The molecule has 0 N–H and O–H groups in total. The molecule has 4 nitrogen and oxygen atoms in total. The Balaban J connectivity index is 2.02. The van der Waals surface area contributed by atoms with Gasteiger partial charge in [0.25, 0.3) is 0 Å². The molecule has 0 aromatic carbocycles. The first-order valence-electron chi connectivity index (χ1n) is 6.66. The van der Waals surface area contributed by atoms with Gasteiger partial charge in [0.15, 0.2) is 0 Å². The van der Waals surface area contributed by atoms with E-state index >= 15 is 0 Å². The van der Waals surface area contributed by atoms with Crippen molar-refractivity contribution >= 4 is 21.7 Å². The Bertz CT molecular complexity index is 475. The lowest BCUT2D eigenvalue weighted by Crippen LogP contribution is -2.50. The minimum Gasteiger partial charge on any atom is -0.353 e. The van der Waals surface area contributed by atoms with Gasteiger partial charge < -0.3 is 4.90 Å². The van der Waals surface area contributed by atoms with E-state index in [1.807, 2.05) is 13.1 Å². The van der Waals surface area contributed by atoms with Crippen LogP contribution in [0.4, 0.5) is 5.82 Å². The van der Waals surface area contributed by atoms with Crippen molar-refractivity contribution in [3.63, 3.8) is 0 Å². The van der Waals surface area contributed by atoms with Gasteiger partial charge in [-0.25, -0.2) is 4.98 Å². The van der Waals surface area contributed by atoms with Crippen molar-refractivity contribution in [1.29, 1.82) is 5.26 Å². The molecule has 1 saturated heterocycles. The molecule has 5 heteroatoms. The lowest BCUT2D eigenvalue weighted by atomic mass is 10.2. The lowest BCUT2D eigenvalue weighted by molar-refractivity contribution is 0.216. The van der Waals surface area contributed by atoms with Gasteiger partial charge in [-0.15, -0.1) is 0 Å². The third-order valence-corrected chi connectivity index (χ3v) is 4.13. The fourth-order valence-corrected chi connectivity index (χ4v) is 3.15. The number of nitrogens with zero attached hydrogens (tertiary/aromatic N) is 4. The molecule has 0 amide bonds. The van der Waals surface area contributed by atoms with Gasteiger partial charge >= 0.3 is 0 Å². The highest BCUT2D eigenvalue weighted by atomic mass is 79.9. The fourth-order valence-electron chi connectivity index (χ4n) is 2.44. The number of aromatic nitrogens is 1. The Morgan fingerprint density at radius 2 is 2.11 bits per heavy atom. The van der Waals surface area contributed by atoms with Crippen molar-refractivity contribution < 1.29 is 0 Å². The van der Waals surface area contributed by atoms with Crippen LogP contribution >= 0.6 is 15.9 Å². The first-order valence-corrected chi connectivity index (χ1v) is 7.45. The SMILES string of the molecule is CCC(C#N)N1CCN(c2ncc(C)cc2Br)CC1. The molecular formula is C14H19BrN4. The minimum atomic E-state index is 0.0524. The maximum absolute atomic E-state index is 9.11. The summed E-state index contributed by atoms with van der Waals surface area (Å²) in [4.78, 5) is 9.05. The molecule has 19 heavy (non-hydrogen) atoms. The van der Waals surface area contributed by atoms with Crippen molar-refractivity contribution in [3.8, 4) is 6.07 Å². The summed E-state index contributed by atoms with van der Waals surface area (Å²) in [6, 6.07) is 4.53. The van der Waals surface area contributed by atoms with Gasteiger partial charge in [-0.3, -0.25) is 4.90 Å². The van der Waals surface area contributed by atoms with Gasteiger partial charge in [-0.1, -0.05) is 6.92 Å². The second kappa shape index (κ2) is 6.36. The Morgan fingerprint density at radius 3 is 2.63 bits per heavy atom. The second-order valence-electron chi connectivity index (χ2n) is 4.89. The highest BCUT2D eigenvalue weighted by Gasteiger charge is 2.24. The quantitative estimate of drug-likeness (QED) is 0.857. The number of halogens is 1. The van der Waals surface area contributed by atoms with E-state index in [4.69, 9.17) is 5.26 Å². The molecule has 1 aromatic heterocycles. The largest absolute Gasteiger partial charge is 0.353 e. The number of anilines is 1. The van der Waals surface area contributed by atoms with Crippen LogP contribution in [0.3, 0.4) is 0 Å². The average molecular weight is 323 g/mol. The first kappa shape index (κ1) is 14.3. The molecule has 0 radical (unpaired) electrons. The summed E-state index contributed by atoms with van der Waals surface area (Å²) in [5, 5.41) is 9.11. The first-order chi connectivity index (χ1) is 9.15. The van der Waals surface area contributed by atoms with Gasteiger partial charge in [0.05, 0.1) is 16.6 Å². The predicted octanol–water partition coefficient (Wildman–Crippen LogP) is 2.58. The van der Waals surface area contributed by atoms with Crippen molar-refractivity contribution in [1.82, 2.24) is 9.88 Å². The van der Waals surface area contributed by atoms with Gasteiger partial charge in [-0.2, -0.15) is 5.26 Å². The normalized spacial score (nSPS) is 18.1. The molecule has 0 bridgehead atoms. The number of nitriles is 1. The maximum atomic E-state index is 9.11. The van der Waals surface area contributed by atoms with Crippen molar-refractivity contribution in [2.75, 3.05) is 31.1 Å². The fraction of sp³-hybridized carbons (Fsp3) is 0.571. The Kier molecular flexibility index (Phi) is 4.78. The number of hydrogen-bond acceptors (Lipinski definition) is 4. The van der Waals surface area contributed by atoms with Crippen molar-refractivity contribution in [3.05, 3.63) is 22.3 Å². The second-order valence-corrected chi connectivity index (χ2v) is 5.75. The number of piperazine rings is 1. The zero-order valence-electron chi connectivity index (χ0n) is 11.4. The van der Waals surface area contributed by atoms with Crippen LogP contribution in [0.5, 0.6) is 0 Å². The van der Waals surface area contributed by atoms with Gasteiger partial charge in [0, 0.05) is 32.4 Å². The third kappa shape index (κ3) is 3.26. The standard InChI is InChI=1S/C14H19BrN4/c1-3-12(9-16)18-4-6-19(7-5-18)14-13(15)8-11(2)10-17-14/h8,10,12H,3-7H2,1-2H3. The molecule has 2 rings (SSSR count). The van der Waals surface area contributed by atoms with Crippen LogP contribution in [-0.2, 0) is 0 Å². The van der Waals surface area contributed by atoms with Crippen LogP contribution in [0.15, 0.2) is 16.7 Å². The number of aryl methyl sites for hydroxylation is 1. The highest BCUT2D eigenvalue weighted by molar-refractivity contribution is 9.10. The number of hydrogen-bond donors (Lipinski definition) is 0. The summed E-state index contributed by atoms with van der Waals surface area (Å²) < 4.78 is 1.05. The molecule has 1 aliphatic rings. The van der Waals surface area contributed by atoms with Crippen molar-refractivity contribution in [2.45, 2.75) is 26.3 Å². The van der Waals surface area contributed by atoms with E-state index in [9.17, 15) is 0 Å².